The van der Waals surface area contributed by atoms with Gasteiger partial charge in [0.25, 0.3) is 0 Å². The van der Waals surface area contributed by atoms with Crippen LogP contribution in [0.25, 0.3) is 5.82 Å². The number of nitrogens with zero attached hydrogens (tertiary/aromatic N) is 4. The quantitative estimate of drug-likeness (QED) is 0.687. The molecule has 2 heterocycles. The zero-order valence-electron chi connectivity index (χ0n) is 7.18. The largest absolute Gasteiger partial charge is 0.368 e. The molecule has 0 saturated carbocycles. The predicted molar refractivity (Wildman–Crippen MR) is 48.3 cm³/mol. The first-order valence-corrected chi connectivity index (χ1v) is 3.87. The molecule has 0 amide bonds. The lowest BCUT2D eigenvalue weighted by Gasteiger charge is -2.02. The number of aryl methyl sites for hydroxylation is 1. The third-order valence-electron chi connectivity index (χ3n) is 1.71. The van der Waals surface area contributed by atoms with Crippen molar-refractivity contribution in [1.29, 1.82) is 0 Å². The first-order valence-electron chi connectivity index (χ1n) is 3.87. The van der Waals surface area contributed by atoms with E-state index in [0.717, 1.165) is 5.69 Å². The van der Waals surface area contributed by atoms with Crippen molar-refractivity contribution in [2.75, 3.05) is 5.73 Å². The topological polar surface area (TPSA) is 69.6 Å². The van der Waals surface area contributed by atoms with Gasteiger partial charge in [-0.3, -0.25) is 0 Å². The molecule has 5 nitrogen and oxygen atoms in total. The van der Waals surface area contributed by atoms with Crippen LogP contribution in [0.5, 0.6) is 0 Å². The lowest BCUT2D eigenvalue weighted by atomic mass is 10.5. The van der Waals surface area contributed by atoms with Crippen LogP contribution in [-0.2, 0) is 0 Å². The van der Waals surface area contributed by atoms with E-state index in [0.29, 0.717) is 5.82 Å². The maximum Gasteiger partial charge on any atom is 0.221 e. The Kier molecular flexibility index (Phi) is 1.70. The summed E-state index contributed by atoms with van der Waals surface area (Å²) in [6.45, 7) is 1.95. The highest BCUT2D eigenvalue weighted by Gasteiger charge is 2.01. The van der Waals surface area contributed by atoms with Crippen LogP contribution in [0.4, 0.5) is 5.95 Å². The molecule has 0 aliphatic carbocycles. The van der Waals surface area contributed by atoms with E-state index < -0.39 is 0 Å². The van der Waals surface area contributed by atoms with Gasteiger partial charge in [0, 0.05) is 24.2 Å². The zero-order valence-corrected chi connectivity index (χ0v) is 7.18. The highest BCUT2D eigenvalue weighted by Crippen LogP contribution is 2.06. The lowest BCUT2D eigenvalue weighted by Crippen LogP contribution is -2.04. The number of rotatable bonds is 1. The second kappa shape index (κ2) is 2.85. The number of nitrogen functional groups attached to an aromatic ring is 1. The number of anilines is 1. The standard InChI is InChI=1S/C8H9N5/c1-6-2-5-11-13(6)7-3-4-10-8(9)12-7/h2-5H,1H3,(H2,9,10,12). The van der Waals surface area contributed by atoms with Crippen LogP contribution in [-0.4, -0.2) is 19.7 Å². The average molecular weight is 175 g/mol. The van der Waals surface area contributed by atoms with E-state index in [2.05, 4.69) is 15.1 Å². The summed E-state index contributed by atoms with van der Waals surface area (Å²) < 4.78 is 1.71. The Hall–Kier alpha value is -1.91. The summed E-state index contributed by atoms with van der Waals surface area (Å²) in [5.41, 5.74) is 6.46. The number of nitrogens with two attached hydrogens (primary N) is 1. The maximum absolute atomic E-state index is 5.45. The van der Waals surface area contributed by atoms with Gasteiger partial charge in [-0.1, -0.05) is 0 Å². The first-order chi connectivity index (χ1) is 6.27. The third-order valence-corrected chi connectivity index (χ3v) is 1.71. The van der Waals surface area contributed by atoms with Crippen molar-refractivity contribution < 1.29 is 0 Å². The Morgan fingerprint density at radius 3 is 2.77 bits per heavy atom. The number of hydrogen-bond acceptors (Lipinski definition) is 4. The van der Waals surface area contributed by atoms with Crippen molar-refractivity contribution in [1.82, 2.24) is 19.7 Å². The van der Waals surface area contributed by atoms with E-state index in [1.54, 1.807) is 23.1 Å². The van der Waals surface area contributed by atoms with Crippen LogP contribution in [0.15, 0.2) is 24.5 Å². The van der Waals surface area contributed by atoms with Crippen molar-refractivity contribution in [2.24, 2.45) is 0 Å². The van der Waals surface area contributed by atoms with Gasteiger partial charge in [0.2, 0.25) is 5.95 Å². The molecule has 0 aliphatic rings. The molecule has 2 N–H and O–H groups in total. The van der Waals surface area contributed by atoms with E-state index in [1.807, 2.05) is 13.0 Å². The van der Waals surface area contributed by atoms with Crippen LogP contribution >= 0.6 is 0 Å². The molecular weight excluding hydrogens is 166 g/mol. The van der Waals surface area contributed by atoms with Gasteiger partial charge in [0.05, 0.1) is 0 Å². The van der Waals surface area contributed by atoms with E-state index in [4.69, 9.17) is 5.73 Å². The van der Waals surface area contributed by atoms with Crippen molar-refractivity contribution in [2.45, 2.75) is 6.92 Å². The van der Waals surface area contributed by atoms with Gasteiger partial charge in [0.1, 0.15) is 0 Å². The molecule has 0 spiro atoms. The van der Waals surface area contributed by atoms with Gasteiger partial charge in [0.15, 0.2) is 5.82 Å². The van der Waals surface area contributed by atoms with Crippen LogP contribution < -0.4 is 5.73 Å². The number of aromatic nitrogens is 4. The van der Waals surface area contributed by atoms with Gasteiger partial charge >= 0.3 is 0 Å². The molecule has 0 aromatic carbocycles. The molecule has 2 aromatic heterocycles. The second-order valence-electron chi connectivity index (χ2n) is 2.66. The van der Waals surface area contributed by atoms with Crippen LogP contribution in [0.3, 0.4) is 0 Å². The molecule has 2 aromatic rings. The Bertz CT molecular complexity index is 420. The van der Waals surface area contributed by atoms with E-state index in [-0.39, 0.29) is 5.95 Å². The molecule has 0 radical (unpaired) electrons. The molecule has 66 valence electrons. The molecule has 5 heteroatoms. The smallest absolute Gasteiger partial charge is 0.221 e. The molecule has 0 atom stereocenters. The summed E-state index contributed by atoms with van der Waals surface area (Å²) >= 11 is 0. The van der Waals surface area contributed by atoms with Gasteiger partial charge in [-0.05, 0) is 13.0 Å². The van der Waals surface area contributed by atoms with Crippen LogP contribution in [0, 0.1) is 6.92 Å². The fraction of sp³-hybridized carbons (Fsp3) is 0.125. The zero-order chi connectivity index (χ0) is 9.26. The Morgan fingerprint density at radius 2 is 2.15 bits per heavy atom. The minimum atomic E-state index is 0.257. The summed E-state index contributed by atoms with van der Waals surface area (Å²) in [7, 11) is 0. The summed E-state index contributed by atoms with van der Waals surface area (Å²) in [5.74, 6) is 0.947. The average Bonchev–Trinajstić information content (AvgIpc) is 2.51. The minimum Gasteiger partial charge on any atom is -0.368 e. The van der Waals surface area contributed by atoms with Gasteiger partial charge in [-0.2, -0.15) is 10.1 Å². The van der Waals surface area contributed by atoms with Crippen molar-refractivity contribution in [3.8, 4) is 5.82 Å². The van der Waals surface area contributed by atoms with Gasteiger partial charge < -0.3 is 5.73 Å². The Balaban J connectivity index is 2.53. The van der Waals surface area contributed by atoms with Gasteiger partial charge in [-0.25, -0.2) is 9.67 Å². The van der Waals surface area contributed by atoms with E-state index in [1.165, 1.54) is 0 Å². The molecule has 0 fully saturated rings. The SMILES string of the molecule is Cc1ccnn1-c1ccnc(N)n1. The monoisotopic (exact) mass is 175 g/mol. The summed E-state index contributed by atoms with van der Waals surface area (Å²) in [4.78, 5) is 7.85. The maximum atomic E-state index is 5.45. The lowest BCUT2D eigenvalue weighted by molar-refractivity contribution is 0.814. The highest BCUT2D eigenvalue weighted by atomic mass is 15.3. The van der Waals surface area contributed by atoms with Crippen molar-refractivity contribution in [3.05, 3.63) is 30.2 Å². The second-order valence-corrected chi connectivity index (χ2v) is 2.66. The molecular formula is C8H9N5. The third kappa shape index (κ3) is 1.35. The molecule has 0 saturated heterocycles. The summed E-state index contributed by atoms with van der Waals surface area (Å²) in [6.07, 6.45) is 3.33. The predicted octanol–water partition coefficient (Wildman–Crippen LogP) is 0.553. The molecule has 0 unspecified atom stereocenters. The van der Waals surface area contributed by atoms with E-state index >= 15 is 0 Å². The highest BCUT2D eigenvalue weighted by molar-refractivity contribution is 5.28. The van der Waals surface area contributed by atoms with E-state index in [9.17, 15) is 0 Å². The molecule has 0 aliphatic heterocycles. The Morgan fingerprint density at radius 1 is 1.31 bits per heavy atom. The normalized spacial score (nSPS) is 10.2. The first kappa shape index (κ1) is 7.72. The fourth-order valence-electron chi connectivity index (χ4n) is 1.09. The summed E-state index contributed by atoms with van der Waals surface area (Å²) in [5, 5.41) is 4.10. The molecule has 13 heavy (non-hydrogen) atoms. The number of hydrogen-bond donors (Lipinski definition) is 1. The van der Waals surface area contributed by atoms with Crippen LogP contribution in [0.2, 0.25) is 0 Å². The summed E-state index contributed by atoms with van der Waals surface area (Å²) in [6, 6.07) is 3.66. The Labute approximate surface area is 75.2 Å². The fourth-order valence-corrected chi connectivity index (χ4v) is 1.09. The minimum absolute atomic E-state index is 0.257. The van der Waals surface area contributed by atoms with Crippen LogP contribution in [0.1, 0.15) is 5.69 Å². The van der Waals surface area contributed by atoms with Crippen molar-refractivity contribution >= 4 is 5.95 Å². The molecule has 0 bridgehead atoms. The van der Waals surface area contributed by atoms with Gasteiger partial charge in [-0.15, -0.1) is 0 Å². The van der Waals surface area contributed by atoms with Crippen molar-refractivity contribution in [3.63, 3.8) is 0 Å². The molecule has 2 rings (SSSR count).